The summed E-state index contributed by atoms with van der Waals surface area (Å²) in [6.07, 6.45) is 8.77. The number of fused-ring (bicyclic) bond motifs is 1. The largest absolute Gasteiger partial charge is 0.355 e. The van der Waals surface area contributed by atoms with Crippen LogP contribution >= 0.6 is 0 Å². The number of carbonyl (C=O) groups excluding carboxylic acids is 1. The highest BCUT2D eigenvalue weighted by Gasteiger charge is 2.34. The van der Waals surface area contributed by atoms with Crippen LogP contribution in [0.1, 0.15) is 38.5 Å². The molecule has 6 nitrogen and oxygen atoms in total. The highest BCUT2D eigenvalue weighted by molar-refractivity contribution is 5.79. The number of anilines is 1. The van der Waals surface area contributed by atoms with Gasteiger partial charge in [0.05, 0.1) is 23.1 Å². The molecule has 154 valence electrons. The van der Waals surface area contributed by atoms with Crippen LogP contribution in [0.3, 0.4) is 0 Å². The molecule has 0 spiro atoms. The SMILES string of the molecule is O=C([C@H]1CCCN(C2CCN(c3cnc4ccccc4n3)CC2)C1)N1CCCC1. The Morgan fingerprint density at radius 3 is 2.45 bits per heavy atom. The van der Waals surface area contributed by atoms with Gasteiger partial charge in [0, 0.05) is 38.8 Å². The summed E-state index contributed by atoms with van der Waals surface area (Å²) in [5, 5.41) is 0. The van der Waals surface area contributed by atoms with Gasteiger partial charge in [-0.15, -0.1) is 0 Å². The van der Waals surface area contributed by atoms with Gasteiger partial charge in [0.1, 0.15) is 5.82 Å². The van der Waals surface area contributed by atoms with E-state index in [1.165, 1.54) is 12.8 Å². The Hall–Kier alpha value is -2.21. The molecule has 1 aromatic heterocycles. The summed E-state index contributed by atoms with van der Waals surface area (Å²) in [6.45, 7) is 6.07. The minimum atomic E-state index is 0.214. The molecule has 4 heterocycles. The smallest absolute Gasteiger partial charge is 0.226 e. The number of carbonyl (C=O) groups is 1. The maximum atomic E-state index is 12.8. The van der Waals surface area contributed by atoms with Crippen LogP contribution in [-0.2, 0) is 4.79 Å². The van der Waals surface area contributed by atoms with Crippen molar-refractivity contribution in [2.24, 2.45) is 5.92 Å². The Balaban J connectivity index is 1.19. The van der Waals surface area contributed by atoms with Crippen LogP contribution < -0.4 is 4.90 Å². The Labute approximate surface area is 172 Å². The molecule has 1 aromatic carbocycles. The fourth-order valence-electron chi connectivity index (χ4n) is 5.30. The molecule has 3 aliphatic rings. The Morgan fingerprint density at radius 2 is 1.66 bits per heavy atom. The van der Waals surface area contributed by atoms with E-state index in [2.05, 4.69) is 19.7 Å². The lowest BCUT2D eigenvalue weighted by molar-refractivity contribution is -0.136. The van der Waals surface area contributed by atoms with E-state index in [0.717, 1.165) is 81.8 Å². The van der Waals surface area contributed by atoms with Gasteiger partial charge >= 0.3 is 0 Å². The van der Waals surface area contributed by atoms with Crippen LogP contribution in [0.2, 0.25) is 0 Å². The number of benzene rings is 1. The van der Waals surface area contributed by atoms with Crippen LogP contribution in [0, 0.1) is 5.92 Å². The van der Waals surface area contributed by atoms with Crippen molar-refractivity contribution in [3.8, 4) is 0 Å². The Kier molecular flexibility index (Phi) is 5.36. The standard InChI is InChI=1S/C23H31N5O/c29-23(27-11-3-4-12-27)18-6-5-13-28(17-18)19-9-14-26(15-10-19)22-16-24-20-7-1-2-8-21(20)25-22/h1-2,7-8,16,18-19H,3-6,9-15,17H2/t18-/m0/s1. The van der Waals surface area contributed by atoms with E-state index in [1.807, 2.05) is 30.5 Å². The number of aromatic nitrogens is 2. The van der Waals surface area contributed by atoms with Gasteiger partial charge in [0.15, 0.2) is 0 Å². The van der Waals surface area contributed by atoms with Gasteiger partial charge in [-0.3, -0.25) is 14.7 Å². The number of nitrogens with zero attached hydrogens (tertiary/aromatic N) is 5. The third-order valence-corrected chi connectivity index (χ3v) is 6.96. The molecule has 2 aromatic rings. The summed E-state index contributed by atoms with van der Waals surface area (Å²) in [5.74, 6) is 1.62. The molecule has 0 bridgehead atoms. The first-order valence-corrected chi connectivity index (χ1v) is 11.3. The van der Waals surface area contributed by atoms with Gasteiger partial charge < -0.3 is 9.80 Å². The molecule has 1 atom stereocenters. The zero-order valence-electron chi connectivity index (χ0n) is 17.2. The number of hydrogen-bond acceptors (Lipinski definition) is 5. The summed E-state index contributed by atoms with van der Waals surface area (Å²) < 4.78 is 0. The third kappa shape index (κ3) is 3.95. The van der Waals surface area contributed by atoms with Crippen molar-refractivity contribution in [1.82, 2.24) is 19.8 Å². The van der Waals surface area contributed by atoms with Gasteiger partial charge in [0.25, 0.3) is 0 Å². The zero-order chi connectivity index (χ0) is 19.6. The molecular weight excluding hydrogens is 362 g/mol. The number of likely N-dealkylation sites (tertiary alicyclic amines) is 2. The van der Waals surface area contributed by atoms with Gasteiger partial charge in [-0.2, -0.15) is 0 Å². The van der Waals surface area contributed by atoms with Crippen molar-refractivity contribution in [2.75, 3.05) is 44.2 Å². The van der Waals surface area contributed by atoms with E-state index in [9.17, 15) is 4.79 Å². The van der Waals surface area contributed by atoms with Crippen LogP contribution in [0.4, 0.5) is 5.82 Å². The predicted molar refractivity (Wildman–Crippen MR) is 115 cm³/mol. The second-order valence-electron chi connectivity index (χ2n) is 8.80. The molecule has 0 radical (unpaired) electrons. The van der Waals surface area contributed by atoms with E-state index in [-0.39, 0.29) is 5.92 Å². The lowest BCUT2D eigenvalue weighted by Crippen LogP contribution is -2.51. The molecular formula is C23H31N5O. The normalized spacial score (nSPS) is 24.3. The van der Waals surface area contributed by atoms with E-state index in [1.54, 1.807) is 0 Å². The summed E-state index contributed by atoms with van der Waals surface area (Å²) in [7, 11) is 0. The Bertz CT molecular complexity index is 857. The average Bonchev–Trinajstić information content (AvgIpc) is 3.33. The van der Waals surface area contributed by atoms with E-state index in [4.69, 9.17) is 4.98 Å². The van der Waals surface area contributed by atoms with Crippen LogP contribution in [0.25, 0.3) is 11.0 Å². The first kappa shape index (κ1) is 18.8. The molecule has 3 aliphatic heterocycles. The van der Waals surface area contributed by atoms with Crippen molar-refractivity contribution in [2.45, 2.75) is 44.6 Å². The monoisotopic (exact) mass is 393 g/mol. The van der Waals surface area contributed by atoms with Crippen LogP contribution in [0.5, 0.6) is 0 Å². The number of para-hydroxylation sites is 2. The van der Waals surface area contributed by atoms with Crippen molar-refractivity contribution in [1.29, 1.82) is 0 Å². The lowest BCUT2D eigenvalue weighted by atomic mass is 9.93. The molecule has 0 N–H and O–H groups in total. The third-order valence-electron chi connectivity index (χ3n) is 6.96. The van der Waals surface area contributed by atoms with E-state index < -0.39 is 0 Å². The van der Waals surface area contributed by atoms with Gasteiger partial charge in [-0.25, -0.2) is 4.98 Å². The predicted octanol–water partition coefficient (Wildman–Crippen LogP) is 2.93. The molecule has 0 aliphatic carbocycles. The second-order valence-corrected chi connectivity index (χ2v) is 8.80. The number of rotatable bonds is 3. The lowest BCUT2D eigenvalue weighted by Gasteiger charge is -2.42. The van der Waals surface area contributed by atoms with Crippen molar-refractivity contribution in [3.05, 3.63) is 30.5 Å². The highest BCUT2D eigenvalue weighted by atomic mass is 16.2. The van der Waals surface area contributed by atoms with Crippen molar-refractivity contribution >= 4 is 22.8 Å². The average molecular weight is 394 g/mol. The first-order chi connectivity index (χ1) is 14.3. The minimum Gasteiger partial charge on any atom is -0.355 e. The maximum Gasteiger partial charge on any atom is 0.226 e. The number of hydrogen-bond donors (Lipinski definition) is 0. The molecule has 5 rings (SSSR count). The topological polar surface area (TPSA) is 52.6 Å². The summed E-state index contributed by atoms with van der Waals surface area (Å²) >= 11 is 0. The quantitative estimate of drug-likeness (QED) is 0.803. The Morgan fingerprint density at radius 1 is 0.897 bits per heavy atom. The van der Waals surface area contributed by atoms with E-state index >= 15 is 0 Å². The van der Waals surface area contributed by atoms with Crippen molar-refractivity contribution in [3.63, 3.8) is 0 Å². The number of amides is 1. The molecule has 29 heavy (non-hydrogen) atoms. The summed E-state index contributed by atoms with van der Waals surface area (Å²) in [4.78, 5) is 29.3. The molecule has 3 saturated heterocycles. The molecule has 3 fully saturated rings. The first-order valence-electron chi connectivity index (χ1n) is 11.3. The number of piperidine rings is 2. The fraction of sp³-hybridized carbons (Fsp3) is 0.609. The van der Waals surface area contributed by atoms with Gasteiger partial charge in [-0.1, -0.05) is 12.1 Å². The van der Waals surface area contributed by atoms with Crippen molar-refractivity contribution < 1.29 is 4.79 Å². The summed E-state index contributed by atoms with van der Waals surface area (Å²) in [6, 6.07) is 8.65. The van der Waals surface area contributed by atoms with Gasteiger partial charge in [0.2, 0.25) is 5.91 Å². The van der Waals surface area contributed by atoms with Crippen LogP contribution in [0.15, 0.2) is 30.5 Å². The van der Waals surface area contributed by atoms with Gasteiger partial charge in [-0.05, 0) is 57.2 Å². The highest BCUT2D eigenvalue weighted by Crippen LogP contribution is 2.27. The zero-order valence-corrected chi connectivity index (χ0v) is 17.2. The van der Waals surface area contributed by atoms with Crippen LogP contribution in [-0.4, -0.2) is 71.0 Å². The second kappa shape index (κ2) is 8.27. The molecule has 6 heteroatoms. The molecule has 1 amide bonds. The molecule has 0 saturated carbocycles. The molecule has 0 unspecified atom stereocenters. The fourth-order valence-corrected chi connectivity index (χ4v) is 5.30. The minimum absolute atomic E-state index is 0.214. The van der Waals surface area contributed by atoms with E-state index in [0.29, 0.717) is 11.9 Å². The summed E-state index contributed by atoms with van der Waals surface area (Å²) in [5.41, 5.74) is 1.92. The maximum absolute atomic E-state index is 12.8.